The van der Waals surface area contributed by atoms with Crippen molar-refractivity contribution in [1.82, 2.24) is 4.90 Å². The molecular formula is C28H32Cl2F3NO2. The van der Waals surface area contributed by atoms with Crippen molar-refractivity contribution in [2.24, 2.45) is 0 Å². The van der Waals surface area contributed by atoms with Crippen molar-refractivity contribution >= 4 is 24.0 Å². The molecule has 3 nitrogen and oxygen atoms in total. The number of rotatable bonds is 12. The van der Waals surface area contributed by atoms with Crippen molar-refractivity contribution in [3.05, 3.63) is 100 Å². The third kappa shape index (κ3) is 9.00. The summed E-state index contributed by atoms with van der Waals surface area (Å²) in [5.74, 6) is 0.929. The molecule has 1 atom stereocenters. The van der Waals surface area contributed by atoms with Crippen LogP contribution in [0.4, 0.5) is 13.2 Å². The van der Waals surface area contributed by atoms with E-state index in [-0.39, 0.29) is 30.0 Å². The van der Waals surface area contributed by atoms with Gasteiger partial charge in [0.25, 0.3) is 0 Å². The Balaban J connectivity index is 0.00000456. The SMILES string of the molecule is C[C@H](CN(CCCOc1cccc(CCO)c1)Cc1cccc(C(F)(F)F)c1Cl)c1ccccc1.Cl. The zero-order valence-electron chi connectivity index (χ0n) is 20.2. The van der Waals surface area contributed by atoms with Gasteiger partial charge in [-0.15, -0.1) is 12.4 Å². The maximum absolute atomic E-state index is 13.4. The van der Waals surface area contributed by atoms with Gasteiger partial charge in [0.1, 0.15) is 5.75 Å². The lowest BCUT2D eigenvalue weighted by Gasteiger charge is -2.27. The Bertz CT molecular complexity index is 1060. The van der Waals surface area contributed by atoms with Crippen LogP contribution in [0.5, 0.6) is 5.75 Å². The average molecular weight is 542 g/mol. The first kappa shape index (κ1) is 30.0. The number of hydrogen-bond acceptors (Lipinski definition) is 3. The van der Waals surface area contributed by atoms with Gasteiger partial charge in [-0.1, -0.05) is 73.1 Å². The summed E-state index contributed by atoms with van der Waals surface area (Å²) in [6.07, 6.45) is -3.23. The Morgan fingerprint density at radius 3 is 2.42 bits per heavy atom. The van der Waals surface area contributed by atoms with Crippen LogP contribution < -0.4 is 4.74 Å². The first-order chi connectivity index (χ1) is 16.8. The molecular weight excluding hydrogens is 510 g/mol. The summed E-state index contributed by atoms with van der Waals surface area (Å²) < 4.78 is 46.0. The zero-order chi connectivity index (χ0) is 25.3. The summed E-state index contributed by atoms with van der Waals surface area (Å²) in [6.45, 7) is 4.28. The smallest absolute Gasteiger partial charge is 0.417 e. The first-order valence-electron chi connectivity index (χ1n) is 11.7. The van der Waals surface area contributed by atoms with Crippen molar-refractivity contribution in [1.29, 1.82) is 0 Å². The largest absolute Gasteiger partial charge is 0.494 e. The van der Waals surface area contributed by atoms with Gasteiger partial charge in [-0.3, -0.25) is 4.90 Å². The van der Waals surface area contributed by atoms with Gasteiger partial charge in [0, 0.05) is 26.2 Å². The molecule has 0 spiro atoms. The van der Waals surface area contributed by atoms with E-state index in [4.69, 9.17) is 21.4 Å². The molecule has 0 fully saturated rings. The fourth-order valence-corrected chi connectivity index (χ4v) is 4.36. The lowest BCUT2D eigenvalue weighted by Crippen LogP contribution is -2.30. The van der Waals surface area contributed by atoms with Crippen molar-refractivity contribution in [3.8, 4) is 5.75 Å². The fourth-order valence-electron chi connectivity index (χ4n) is 4.07. The number of hydrogen-bond donors (Lipinski definition) is 1. The summed E-state index contributed by atoms with van der Waals surface area (Å²) in [5.41, 5.74) is 1.82. The van der Waals surface area contributed by atoms with Crippen molar-refractivity contribution in [3.63, 3.8) is 0 Å². The van der Waals surface area contributed by atoms with Crippen LogP contribution in [0.2, 0.25) is 5.02 Å². The molecule has 0 aromatic heterocycles. The van der Waals surface area contributed by atoms with E-state index in [2.05, 4.69) is 24.0 Å². The lowest BCUT2D eigenvalue weighted by molar-refractivity contribution is -0.137. The van der Waals surface area contributed by atoms with Crippen LogP contribution in [-0.4, -0.2) is 36.3 Å². The van der Waals surface area contributed by atoms with E-state index in [1.165, 1.54) is 11.6 Å². The highest BCUT2D eigenvalue weighted by Crippen LogP contribution is 2.36. The van der Waals surface area contributed by atoms with Gasteiger partial charge in [0.05, 0.1) is 17.2 Å². The standard InChI is InChI=1S/C28H31ClF3NO2.ClH/c1-21(23-9-3-2-4-10-23)19-33(20-24-11-6-13-26(27(24)29)28(30,31)32)15-7-17-35-25-12-5-8-22(18-25)14-16-34;/h2-6,8-13,18,21,34H,7,14-17,19-20H2,1H3;1H/t21-;/m1./s1. The van der Waals surface area contributed by atoms with Crippen LogP contribution in [0, 0.1) is 0 Å². The zero-order valence-corrected chi connectivity index (χ0v) is 21.8. The molecule has 0 aliphatic heterocycles. The topological polar surface area (TPSA) is 32.7 Å². The van der Waals surface area contributed by atoms with E-state index in [1.54, 1.807) is 6.07 Å². The van der Waals surface area contributed by atoms with Gasteiger partial charge in [-0.05, 0) is 53.6 Å². The van der Waals surface area contributed by atoms with Gasteiger partial charge in [-0.25, -0.2) is 0 Å². The van der Waals surface area contributed by atoms with Crippen LogP contribution in [0.25, 0.3) is 0 Å². The van der Waals surface area contributed by atoms with Crippen LogP contribution in [0.15, 0.2) is 72.8 Å². The molecule has 3 aromatic carbocycles. The Morgan fingerprint density at radius 2 is 1.72 bits per heavy atom. The Labute approximate surface area is 222 Å². The van der Waals surface area contributed by atoms with Crippen molar-refractivity contribution in [2.45, 2.75) is 38.4 Å². The highest BCUT2D eigenvalue weighted by atomic mass is 35.5. The van der Waals surface area contributed by atoms with Gasteiger partial charge in [0.2, 0.25) is 0 Å². The van der Waals surface area contributed by atoms with Crippen LogP contribution >= 0.6 is 24.0 Å². The Morgan fingerprint density at radius 1 is 1.00 bits per heavy atom. The van der Waals surface area contributed by atoms with Crippen LogP contribution in [-0.2, 0) is 19.1 Å². The van der Waals surface area contributed by atoms with E-state index >= 15 is 0 Å². The number of nitrogens with zero attached hydrogens (tertiary/aromatic N) is 1. The summed E-state index contributed by atoms with van der Waals surface area (Å²) >= 11 is 6.18. The molecule has 1 N–H and O–H groups in total. The Hall–Kier alpha value is -2.25. The predicted molar refractivity (Wildman–Crippen MR) is 141 cm³/mol. The highest BCUT2D eigenvalue weighted by Gasteiger charge is 2.34. The molecule has 0 saturated heterocycles. The van der Waals surface area contributed by atoms with Gasteiger partial charge in [-0.2, -0.15) is 13.2 Å². The average Bonchev–Trinajstić information content (AvgIpc) is 2.83. The second-order valence-electron chi connectivity index (χ2n) is 8.65. The van der Waals surface area contributed by atoms with E-state index < -0.39 is 11.7 Å². The van der Waals surface area contributed by atoms with E-state index in [9.17, 15) is 13.2 Å². The first-order valence-corrected chi connectivity index (χ1v) is 12.1. The minimum absolute atomic E-state index is 0. The van der Waals surface area contributed by atoms with Gasteiger partial charge in [0.15, 0.2) is 0 Å². The summed E-state index contributed by atoms with van der Waals surface area (Å²) in [7, 11) is 0. The van der Waals surface area contributed by atoms with Crippen LogP contribution in [0.3, 0.4) is 0 Å². The minimum Gasteiger partial charge on any atom is -0.494 e. The molecule has 0 aliphatic carbocycles. The normalized spacial score (nSPS) is 12.3. The third-order valence-electron chi connectivity index (χ3n) is 5.87. The second-order valence-corrected chi connectivity index (χ2v) is 9.02. The number of benzene rings is 3. The molecule has 0 radical (unpaired) electrons. The molecule has 3 aromatic rings. The van der Waals surface area contributed by atoms with E-state index in [0.29, 0.717) is 44.6 Å². The van der Waals surface area contributed by atoms with E-state index in [0.717, 1.165) is 17.4 Å². The number of alkyl halides is 3. The van der Waals surface area contributed by atoms with E-state index in [1.807, 2.05) is 42.5 Å². The second kappa shape index (κ2) is 14.5. The molecule has 0 heterocycles. The molecule has 0 aliphatic rings. The van der Waals surface area contributed by atoms with Gasteiger partial charge < -0.3 is 9.84 Å². The molecule has 36 heavy (non-hydrogen) atoms. The minimum atomic E-state index is -4.49. The quantitative estimate of drug-likeness (QED) is 0.242. The molecule has 0 unspecified atom stereocenters. The molecule has 8 heteroatoms. The maximum Gasteiger partial charge on any atom is 0.417 e. The monoisotopic (exact) mass is 541 g/mol. The van der Waals surface area contributed by atoms with Gasteiger partial charge >= 0.3 is 6.18 Å². The highest BCUT2D eigenvalue weighted by molar-refractivity contribution is 6.32. The van der Waals surface area contributed by atoms with Crippen molar-refractivity contribution < 1.29 is 23.0 Å². The molecule has 3 rings (SSSR count). The maximum atomic E-state index is 13.4. The summed E-state index contributed by atoms with van der Waals surface area (Å²) in [6, 6.07) is 21.7. The molecule has 0 saturated carbocycles. The fraction of sp³-hybridized carbons (Fsp3) is 0.357. The molecule has 0 amide bonds. The number of ether oxygens (including phenoxy) is 1. The lowest BCUT2D eigenvalue weighted by atomic mass is 10.00. The molecule has 0 bridgehead atoms. The summed E-state index contributed by atoms with van der Waals surface area (Å²) in [4.78, 5) is 2.13. The predicted octanol–water partition coefficient (Wildman–Crippen LogP) is 7.39. The summed E-state index contributed by atoms with van der Waals surface area (Å²) in [5, 5.41) is 8.88. The number of aliphatic hydroxyl groups excluding tert-OH is 1. The Kier molecular flexibility index (Phi) is 12.1. The third-order valence-corrected chi connectivity index (χ3v) is 6.31. The number of halogens is 5. The van der Waals surface area contributed by atoms with Crippen molar-refractivity contribution in [2.75, 3.05) is 26.3 Å². The number of aliphatic hydroxyl groups is 1. The van der Waals surface area contributed by atoms with Crippen LogP contribution in [0.1, 0.15) is 41.5 Å². The molecule has 196 valence electrons.